The van der Waals surface area contributed by atoms with E-state index in [9.17, 15) is 8.42 Å². The van der Waals surface area contributed by atoms with Crippen molar-refractivity contribution in [3.8, 4) is 11.3 Å². The van der Waals surface area contributed by atoms with Crippen LogP contribution in [0.25, 0.3) is 11.3 Å². The summed E-state index contributed by atoms with van der Waals surface area (Å²) in [6.07, 6.45) is 3.14. The molecule has 0 saturated carbocycles. The molecule has 0 amide bonds. The molecular weight excluding hydrogens is 330 g/mol. The van der Waals surface area contributed by atoms with Gasteiger partial charge in [-0.2, -0.15) is 0 Å². The zero-order valence-electron chi connectivity index (χ0n) is 13.3. The minimum atomic E-state index is -3.16. The van der Waals surface area contributed by atoms with Gasteiger partial charge >= 0.3 is 0 Å². The van der Waals surface area contributed by atoms with E-state index in [1.807, 2.05) is 18.2 Å². The molecule has 1 atom stereocenters. The summed E-state index contributed by atoms with van der Waals surface area (Å²) >= 11 is 1.62. The molecule has 1 aromatic heterocycles. The number of rotatable bonds is 4. The maximum absolute atomic E-state index is 11.8. The van der Waals surface area contributed by atoms with Crippen molar-refractivity contribution in [1.29, 1.82) is 0 Å². The summed E-state index contributed by atoms with van der Waals surface area (Å²) in [6.45, 7) is 1.63. The minimum Gasteiger partial charge on any atom is -0.346 e. The molecule has 124 valence electrons. The predicted molar refractivity (Wildman–Crippen MR) is 95.4 cm³/mol. The molecule has 1 fully saturated rings. The van der Waals surface area contributed by atoms with Gasteiger partial charge in [-0.25, -0.2) is 17.7 Å². The molecule has 0 N–H and O–H groups in total. The number of piperidine rings is 1. The summed E-state index contributed by atoms with van der Waals surface area (Å²) in [5, 5.41) is 3.03. The second kappa shape index (κ2) is 6.59. The van der Waals surface area contributed by atoms with E-state index in [-0.39, 0.29) is 6.04 Å². The Kier molecular flexibility index (Phi) is 4.70. The van der Waals surface area contributed by atoms with E-state index in [4.69, 9.17) is 4.98 Å². The van der Waals surface area contributed by atoms with Gasteiger partial charge in [0.25, 0.3) is 0 Å². The van der Waals surface area contributed by atoms with E-state index in [0.717, 1.165) is 35.8 Å². The zero-order valence-corrected chi connectivity index (χ0v) is 15.0. The summed E-state index contributed by atoms with van der Waals surface area (Å²) in [4.78, 5) is 6.94. The summed E-state index contributed by atoms with van der Waals surface area (Å²) in [5.41, 5.74) is 2.08. The second-order valence-corrected chi connectivity index (χ2v) is 8.78. The van der Waals surface area contributed by atoms with Crippen LogP contribution in [0.3, 0.4) is 0 Å². The fourth-order valence-electron chi connectivity index (χ4n) is 2.85. The summed E-state index contributed by atoms with van der Waals surface area (Å²) in [7, 11) is -1.49. The number of likely N-dealkylation sites (N-methyl/N-ethyl adjacent to an activating group) is 1. The average Bonchev–Trinajstić information content (AvgIpc) is 3.04. The molecule has 1 saturated heterocycles. The van der Waals surface area contributed by atoms with Gasteiger partial charge in [0.15, 0.2) is 5.13 Å². The molecule has 7 heteroatoms. The molecule has 0 aliphatic carbocycles. The number of hydrogen-bond donors (Lipinski definition) is 0. The van der Waals surface area contributed by atoms with Crippen molar-refractivity contribution in [1.82, 2.24) is 9.29 Å². The van der Waals surface area contributed by atoms with E-state index >= 15 is 0 Å². The van der Waals surface area contributed by atoms with Crippen molar-refractivity contribution in [3.63, 3.8) is 0 Å². The van der Waals surface area contributed by atoms with Crippen LogP contribution >= 0.6 is 11.3 Å². The lowest BCUT2D eigenvalue weighted by Gasteiger charge is -2.36. The number of aromatic nitrogens is 1. The van der Waals surface area contributed by atoms with E-state index in [0.29, 0.717) is 6.54 Å². The third-order valence-corrected chi connectivity index (χ3v) is 6.51. The Balaban J connectivity index is 1.76. The summed E-state index contributed by atoms with van der Waals surface area (Å²) in [5.74, 6) is 0. The number of nitrogens with zero attached hydrogens (tertiary/aromatic N) is 3. The highest BCUT2D eigenvalue weighted by Crippen LogP contribution is 2.30. The van der Waals surface area contributed by atoms with Crippen LogP contribution in [-0.2, 0) is 10.0 Å². The molecule has 1 unspecified atom stereocenters. The van der Waals surface area contributed by atoms with Gasteiger partial charge in [0.1, 0.15) is 0 Å². The van der Waals surface area contributed by atoms with Crippen LogP contribution in [0.5, 0.6) is 0 Å². The van der Waals surface area contributed by atoms with Gasteiger partial charge in [-0.05, 0) is 12.8 Å². The monoisotopic (exact) mass is 351 g/mol. The minimum absolute atomic E-state index is 0.0165. The van der Waals surface area contributed by atoms with Gasteiger partial charge in [0.2, 0.25) is 10.0 Å². The van der Waals surface area contributed by atoms with Gasteiger partial charge in [-0.15, -0.1) is 11.3 Å². The first-order valence-corrected chi connectivity index (χ1v) is 10.4. The highest BCUT2D eigenvalue weighted by molar-refractivity contribution is 7.88. The Morgan fingerprint density at radius 3 is 2.74 bits per heavy atom. The molecule has 0 spiro atoms. The van der Waals surface area contributed by atoms with Gasteiger partial charge in [0, 0.05) is 37.1 Å². The topological polar surface area (TPSA) is 53.5 Å². The molecule has 2 aromatic rings. The Bertz CT molecular complexity index is 759. The Labute approximate surface area is 141 Å². The molecule has 2 heterocycles. The third kappa shape index (κ3) is 3.73. The number of anilines is 1. The number of hydrogen-bond acceptors (Lipinski definition) is 5. The molecule has 0 radical (unpaired) electrons. The second-order valence-electron chi connectivity index (χ2n) is 5.90. The first-order valence-electron chi connectivity index (χ1n) is 7.64. The molecule has 23 heavy (non-hydrogen) atoms. The Morgan fingerprint density at radius 2 is 2.04 bits per heavy atom. The fourth-order valence-corrected chi connectivity index (χ4v) is 4.43. The highest BCUT2D eigenvalue weighted by Gasteiger charge is 2.29. The van der Waals surface area contributed by atoms with Crippen molar-refractivity contribution < 1.29 is 8.42 Å². The first-order chi connectivity index (χ1) is 10.9. The van der Waals surface area contributed by atoms with Gasteiger partial charge in [-0.1, -0.05) is 30.3 Å². The molecule has 1 aromatic carbocycles. The standard InChI is InChI=1S/C16H21N3O2S2/c1-18(23(2,20)21)14-9-6-10-19(11-14)16-17-15(12-22-16)13-7-4-3-5-8-13/h3-5,7-8,12,14H,6,9-11H2,1-2H3. The van der Waals surface area contributed by atoms with E-state index in [1.165, 1.54) is 10.6 Å². The highest BCUT2D eigenvalue weighted by atomic mass is 32.2. The Morgan fingerprint density at radius 1 is 1.30 bits per heavy atom. The van der Waals surface area contributed by atoms with E-state index < -0.39 is 10.0 Å². The summed E-state index contributed by atoms with van der Waals surface area (Å²) in [6, 6.07) is 10.1. The smallest absolute Gasteiger partial charge is 0.211 e. The van der Waals surface area contributed by atoms with Crippen molar-refractivity contribution in [2.75, 3.05) is 31.3 Å². The normalized spacial score (nSPS) is 19.3. The summed E-state index contributed by atoms with van der Waals surface area (Å²) < 4.78 is 25.0. The lowest BCUT2D eigenvalue weighted by atomic mass is 10.1. The van der Waals surface area contributed by atoms with E-state index in [1.54, 1.807) is 18.4 Å². The third-order valence-electron chi connectivity index (χ3n) is 4.27. The number of benzene rings is 1. The SMILES string of the molecule is CN(C1CCCN(c2nc(-c3ccccc3)cs2)C1)S(C)(=O)=O. The van der Waals surface area contributed by atoms with Gasteiger partial charge in [-0.3, -0.25) is 0 Å². The van der Waals surface area contributed by atoms with Crippen LogP contribution in [0.15, 0.2) is 35.7 Å². The van der Waals surface area contributed by atoms with Crippen molar-refractivity contribution in [2.24, 2.45) is 0 Å². The zero-order chi connectivity index (χ0) is 16.4. The molecule has 1 aliphatic rings. The maximum atomic E-state index is 11.8. The van der Waals surface area contributed by atoms with Crippen LogP contribution in [0, 0.1) is 0 Å². The van der Waals surface area contributed by atoms with Gasteiger partial charge < -0.3 is 4.90 Å². The predicted octanol–water partition coefficient (Wildman–Crippen LogP) is 2.67. The van der Waals surface area contributed by atoms with Crippen LogP contribution < -0.4 is 4.90 Å². The first kappa shape index (κ1) is 16.4. The molecule has 0 bridgehead atoms. The molecule has 3 rings (SSSR count). The lowest BCUT2D eigenvalue weighted by molar-refractivity contribution is 0.322. The van der Waals surface area contributed by atoms with Crippen LogP contribution in [0.1, 0.15) is 12.8 Å². The Hall–Kier alpha value is -1.44. The number of thiazole rings is 1. The van der Waals surface area contributed by atoms with Crippen molar-refractivity contribution >= 4 is 26.5 Å². The lowest BCUT2D eigenvalue weighted by Crippen LogP contribution is -2.48. The van der Waals surface area contributed by atoms with Crippen molar-refractivity contribution in [3.05, 3.63) is 35.7 Å². The molecule has 1 aliphatic heterocycles. The average molecular weight is 351 g/mol. The number of sulfonamides is 1. The quantitative estimate of drug-likeness (QED) is 0.850. The fraction of sp³-hybridized carbons (Fsp3) is 0.438. The maximum Gasteiger partial charge on any atom is 0.211 e. The van der Waals surface area contributed by atoms with Crippen LogP contribution in [0.4, 0.5) is 5.13 Å². The van der Waals surface area contributed by atoms with Crippen molar-refractivity contribution in [2.45, 2.75) is 18.9 Å². The van der Waals surface area contributed by atoms with E-state index in [2.05, 4.69) is 22.4 Å². The molecular formula is C16H21N3O2S2. The largest absolute Gasteiger partial charge is 0.346 e. The molecule has 5 nitrogen and oxygen atoms in total. The van der Waals surface area contributed by atoms with Crippen LogP contribution in [-0.4, -0.2) is 50.1 Å². The van der Waals surface area contributed by atoms with Gasteiger partial charge in [0.05, 0.1) is 11.9 Å². The van der Waals surface area contributed by atoms with Crippen LogP contribution in [0.2, 0.25) is 0 Å².